The van der Waals surface area contributed by atoms with Crippen LogP contribution >= 0.6 is 15.9 Å². The maximum atomic E-state index is 12.6. The number of carbonyl (C=O) groups is 1. The van der Waals surface area contributed by atoms with Gasteiger partial charge < -0.3 is 4.90 Å². The molecule has 6 heteroatoms. The van der Waals surface area contributed by atoms with Crippen LogP contribution in [-0.2, 0) is 4.79 Å². The molecule has 2 bridgehead atoms. The predicted molar refractivity (Wildman–Crippen MR) is 86.7 cm³/mol. The number of hydrogen-bond acceptors (Lipinski definition) is 4. The van der Waals surface area contributed by atoms with E-state index in [-0.39, 0.29) is 17.5 Å². The Balaban J connectivity index is 1.78. The van der Waals surface area contributed by atoms with E-state index < -0.39 is 0 Å². The smallest absolute Gasteiger partial charge is 0.264 e. The number of nitrogens with zero attached hydrogens (tertiary/aromatic N) is 4. The third-order valence-corrected chi connectivity index (χ3v) is 4.84. The van der Waals surface area contributed by atoms with Gasteiger partial charge in [0.1, 0.15) is 16.2 Å². The topological polar surface area (TPSA) is 60.2 Å². The van der Waals surface area contributed by atoms with Gasteiger partial charge in [0, 0.05) is 25.2 Å². The summed E-state index contributed by atoms with van der Waals surface area (Å²) < 4.78 is 0.685. The standard InChI is InChI=1S/C16H17BrN4O/c1-2-20-9-14-7-13(20)10-21(14)16(22)11(8-18)6-12-4-3-5-15(17)19-12/h3-6,13-14H,2,7,9-10H2,1H3/b11-6+. The third-order valence-electron chi connectivity index (χ3n) is 4.40. The maximum absolute atomic E-state index is 12.6. The molecule has 1 aromatic heterocycles. The molecule has 22 heavy (non-hydrogen) atoms. The zero-order valence-corrected chi connectivity index (χ0v) is 14.0. The highest BCUT2D eigenvalue weighted by atomic mass is 79.9. The van der Waals surface area contributed by atoms with Crippen LogP contribution in [0.5, 0.6) is 0 Å². The lowest BCUT2D eigenvalue weighted by atomic mass is 10.1. The molecule has 0 spiro atoms. The van der Waals surface area contributed by atoms with Crippen molar-refractivity contribution in [2.24, 2.45) is 0 Å². The summed E-state index contributed by atoms with van der Waals surface area (Å²) >= 11 is 3.29. The monoisotopic (exact) mass is 360 g/mol. The number of likely N-dealkylation sites (N-methyl/N-ethyl adjacent to an activating group) is 1. The van der Waals surface area contributed by atoms with Gasteiger partial charge in [0.05, 0.1) is 5.69 Å². The van der Waals surface area contributed by atoms with Crippen molar-refractivity contribution in [2.75, 3.05) is 19.6 Å². The Morgan fingerprint density at radius 2 is 2.32 bits per heavy atom. The normalized spacial score (nSPS) is 24.6. The molecule has 2 unspecified atom stereocenters. The van der Waals surface area contributed by atoms with E-state index in [0.29, 0.717) is 16.3 Å². The first kappa shape index (κ1) is 15.2. The second-order valence-electron chi connectivity index (χ2n) is 5.64. The largest absolute Gasteiger partial charge is 0.332 e. The number of fused-ring (bicyclic) bond motifs is 2. The van der Waals surface area contributed by atoms with Crippen LogP contribution in [0.3, 0.4) is 0 Å². The van der Waals surface area contributed by atoms with E-state index in [1.807, 2.05) is 23.1 Å². The fraction of sp³-hybridized carbons (Fsp3) is 0.438. The van der Waals surface area contributed by atoms with Crippen molar-refractivity contribution in [3.8, 4) is 6.07 Å². The number of pyridine rings is 1. The van der Waals surface area contributed by atoms with E-state index in [9.17, 15) is 10.1 Å². The van der Waals surface area contributed by atoms with Crippen molar-refractivity contribution in [1.82, 2.24) is 14.8 Å². The van der Waals surface area contributed by atoms with Gasteiger partial charge in [-0.25, -0.2) is 4.98 Å². The predicted octanol–water partition coefficient (Wildman–Crippen LogP) is 2.06. The molecule has 114 valence electrons. The third kappa shape index (κ3) is 2.79. The van der Waals surface area contributed by atoms with Crippen LogP contribution < -0.4 is 0 Å². The average Bonchev–Trinajstić information content (AvgIpc) is 3.12. The summed E-state index contributed by atoms with van der Waals surface area (Å²) in [5, 5.41) is 9.34. The summed E-state index contributed by atoms with van der Waals surface area (Å²) in [7, 11) is 0. The molecule has 2 fully saturated rings. The van der Waals surface area contributed by atoms with E-state index in [1.165, 1.54) is 0 Å². The minimum absolute atomic E-state index is 0.154. The Morgan fingerprint density at radius 1 is 1.50 bits per heavy atom. The molecular formula is C16H17BrN4O. The Labute approximate surface area is 138 Å². The van der Waals surface area contributed by atoms with Crippen LogP contribution in [-0.4, -0.2) is 52.4 Å². The summed E-state index contributed by atoms with van der Waals surface area (Å²) in [5.41, 5.74) is 0.764. The summed E-state index contributed by atoms with van der Waals surface area (Å²) in [6, 6.07) is 8.14. The lowest BCUT2D eigenvalue weighted by molar-refractivity contribution is -0.128. The molecule has 3 heterocycles. The molecule has 0 aromatic carbocycles. The Kier molecular flexibility index (Phi) is 4.27. The van der Waals surface area contributed by atoms with Crippen LogP contribution in [0, 0.1) is 11.3 Å². The molecule has 0 radical (unpaired) electrons. The van der Waals surface area contributed by atoms with Crippen LogP contribution in [0.25, 0.3) is 6.08 Å². The molecule has 1 amide bonds. The first-order chi connectivity index (χ1) is 10.6. The number of amides is 1. The number of carbonyl (C=O) groups excluding carboxylic acids is 1. The van der Waals surface area contributed by atoms with Crippen LogP contribution in [0.15, 0.2) is 28.4 Å². The molecule has 0 N–H and O–H groups in total. The van der Waals surface area contributed by atoms with Gasteiger partial charge in [0.15, 0.2) is 0 Å². The van der Waals surface area contributed by atoms with Gasteiger partial charge in [-0.2, -0.15) is 5.26 Å². The van der Waals surface area contributed by atoms with Gasteiger partial charge in [0.2, 0.25) is 0 Å². The van der Waals surface area contributed by atoms with E-state index in [2.05, 4.69) is 32.7 Å². The van der Waals surface area contributed by atoms with Crippen molar-refractivity contribution >= 4 is 27.9 Å². The highest BCUT2D eigenvalue weighted by molar-refractivity contribution is 9.10. The molecular weight excluding hydrogens is 344 g/mol. The summed E-state index contributed by atoms with van der Waals surface area (Å²) in [5.74, 6) is -0.174. The fourth-order valence-electron chi connectivity index (χ4n) is 3.33. The van der Waals surface area contributed by atoms with Gasteiger partial charge in [-0.15, -0.1) is 0 Å². The average molecular weight is 361 g/mol. The molecule has 0 aliphatic carbocycles. The van der Waals surface area contributed by atoms with Crippen molar-refractivity contribution in [2.45, 2.75) is 25.4 Å². The summed E-state index contributed by atoms with van der Waals surface area (Å²) in [6.07, 6.45) is 2.59. The lowest BCUT2D eigenvalue weighted by Crippen LogP contribution is -2.48. The number of likely N-dealkylation sites (tertiary alicyclic amines) is 2. The molecule has 2 saturated heterocycles. The first-order valence-electron chi connectivity index (χ1n) is 7.41. The Morgan fingerprint density at radius 3 is 2.91 bits per heavy atom. The van der Waals surface area contributed by atoms with Gasteiger partial charge in [-0.3, -0.25) is 9.69 Å². The minimum Gasteiger partial charge on any atom is -0.332 e. The van der Waals surface area contributed by atoms with Gasteiger partial charge in [-0.1, -0.05) is 13.0 Å². The zero-order valence-electron chi connectivity index (χ0n) is 12.4. The maximum Gasteiger partial charge on any atom is 0.264 e. The SMILES string of the molecule is CCN1CC2CC1CN2C(=O)/C(C#N)=C/c1cccc(Br)n1. The highest BCUT2D eigenvalue weighted by Gasteiger charge is 2.44. The molecule has 5 nitrogen and oxygen atoms in total. The second-order valence-corrected chi connectivity index (χ2v) is 6.46. The van der Waals surface area contributed by atoms with Gasteiger partial charge in [0.25, 0.3) is 5.91 Å². The second kappa shape index (κ2) is 6.19. The lowest BCUT2D eigenvalue weighted by Gasteiger charge is -2.33. The van der Waals surface area contributed by atoms with Crippen molar-refractivity contribution in [3.63, 3.8) is 0 Å². The summed E-state index contributed by atoms with van der Waals surface area (Å²) in [4.78, 5) is 21.1. The highest BCUT2D eigenvalue weighted by Crippen LogP contribution is 2.31. The number of hydrogen-bond donors (Lipinski definition) is 0. The number of nitriles is 1. The molecule has 2 aliphatic rings. The molecule has 2 atom stereocenters. The minimum atomic E-state index is -0.174. The van der Waals surface area contributed by atoms with Crippen molar-refractivity contribution in [3.05, 3.63) is 34.1 Å². The van der Waals surface area contributed by atoms with Gasteiger partial charge in [-0.05, 0) is 47.1 Å². The zero-order chi connectivity index (χ0) is 15.7. The Hall–Kier alpha value is -1.71. The quantitative estimate of drug-likeness (QED) is 0.470. The van der Waals surface area contributed by atoms with E-state index in [4.69, 9.17) is 0 Å². The number of rotatable bonds is 3. The molecule has 1 aromatic rings. The van der Waals surface area contributed by atoms with E-state index >= 15 is 0 Å². The van der Waals surface area contributed by atoms with E-state index in [0.717, 1.165) is 26.1 Å². The van der Waals surface area contributed by atoms with Crippen molar-refractivity contribution in [1.29, 1.82) is 5.26 Å². The van der Waals surface area contributed by atoms with Crippen molar-refractivity contribution < 1.29 is 4.79 Å². The Bertz CT molecular complexity index is 666. The number of aromatic nitrogens is 1. The van der Waals surface area contributed by atoms with Crippen LogP contribution in [0.1, 0.15) is 19.0 Å². The number of halogens is 1. The summed E-state index contributed by atoms with van der Waals surface area (Å²) in [6.45, 7) is 4.81. The number of piperazine rings is 1. The van der Waals surface area contributed by atoms with Crippen LogP contribution in [0.2, 0.25) is 0 Å². The van der Waals surface area contributed by atoms with E-state index in [1.54, 1.807) is 12.1 Å². The fourth-order valence-corrected chi connectivity index (χ4v) is 3.69. The molecule has 2 aliphatic heterocycles. The molecule has 3 rings (SSSR count). The van der Waals surface area contributed by atoms with Gasteiger partial charge >= 0.3 is 0 Å². The molecule has 0 saturated carbocycles. The van der Waals surface area contributed by atoms with Crippen LogP contribution in [0.4, 0.5) is 0 Å². The first-order valence-corrected chi connectivity index (χ1v) is 8.21.